The number of pyridine rings is 1. The summed E-state index contributed by atoms with van der Waals surface area (Å²) < 4.78 is 5.19. The lowest BCUT2D eigenvalue weighted by atomic mass is 10.2. The highest BCUT2D eigenvalue weighted by Crippen LogP contribution is 2.08. The average molecular weight is 206 g/mol. The van der Waals surface area contributed by atoms with Crippen LogP contribution in [0.25, 0.3) is 6.08 Å². The molecule has 0 saturated heterocycles. The fourth-order valence-corrected chi connectivity index (χ4v) is 1.03. The molecule has 15 heavy (non-hydrogen) atoms. The van der Waals surface area contributed by atoms with E-state index in [4.69, 9.17) is 10.5 Å². The third kappa shape index (κ3) is 4.26. The Kier molecular flexibility index (Phi) is 4.34. The molecule has 0 fully saturated rings. The van der Waals surface area contributed by atoms with Gasteiger partial charge in [0.15, 0.2) is 0 Å². The van der Waals surface area contributed by atoms with Crippen LogP contribution in [0.5, 0.6) is 5.88 Å². The maximum atomic E-state index is 10.5. The molecule has 4 heteroatoms. The molecule has 80 valence electrons. The van der Waals surface area contributed by atoms with Crippen LogP contribution in [0.4, 0.5) is 0 Å². The second-order valence-electron chi connectivity index (χ2n) is 2.94. The number of carbonyl (C=O) groups excluding carboxylic acids is 1. The van der Waals surface area contributed by atoms with Gasteiger partial charge in [-0.25, -0.2) is 4.98 Å². The highest BCUT2D eigenvalue weighted by Gasteiger charge is 1.93. The first kappa shape index (κ1) is 11.2. The van der Waals surface area contributed by atoms with Crippen molar-refractivity contribution < 1.29 is 9.53 Å². The standard InChI is InChI=1S/C11H14N2O2/c1-2-15-11-7-6-9(8-13-11)4-3-5-10(12)14/h3-4,6-8H,2,5H2,1H3,(H2,12,14). The number of hydrogen-bond donors (Lipinski definition) is 1. The van der Waals surface area contributed by atoms with E-state index >= 15 is 0 Å². The van der Waals surface area contributed by atoms with Gasteiger partial charge in [-0.05, 0) is 18.6 Å². The first-order valence-electron chi connectivity index (χ1n) is 4.76. The minimum atomic E-state index is -0.342. The van der Waals surface area contributed by atoms with Crippen LogP contribution < -0.4 is 10.5 Å². The summed E-state index contributed by atoms with van der Waals surface area (Å²) in [6.07, 6.45) is 5.43. The minimum Gasteiger partial charge on any atom is -0.478 e. The lowest BCUT2D eigenvalue weighted by molar-refractivity contribution is -0.117. The Morgan fingerprint density at radius 3 is 2.93 bits per heavy atom. The molecule has 0 aliphatic heterocycles. The van der Waals surface area contributed by atoms with Crippen molar-refractivity contribution in [2.75, 3.05) is 6.61 Å². The second-order valence-corrected chi connectivity index (χ2v) is 2.94. The van der Waals surface area contributed by atoms with Gasteiger partial charge in [0.05, 0.1) is 6.61 Å². The molecule has 2 N–H and O–H groups in total. The Morgan fingerprint density at radius 1 is 1.60 bits per heavy atom. The van der Waals surface area contributed by atoms with Gasteiger partial charge in [0, 0.05) is 18.7 Å². The number of hydrogen-bond acceptors (Lipinski definition) is 3. The molecule has 1 amide bonds. The van der Waals surface area contributed by atoms with Gasteiger partial charge in [0.2, 0.25) is 11.8 Å². The second kappa shape index (κ2) is 5.80. The number of amides is 1. The highest BCUT2D eigenvalue weighted by molar-refractivity contribution is 5.76. The molecule has 0 aromatic carbocycles. The summed E-state index contributed by atoms with van der Waals surface area (Å²) in [6, 6.07) is 3.66. The zero-order valence-corrected chi connectivity index (χ0v) is 8.64. The molecule has 0 aliphatic rings. The minimum absolute atomic E-state index is 0.243. The molecule has 0 unspecified atom stereocenters. The number of rotatable bonds is 5. The normalized spacial score (nSPS) is 10.5. The molecule has 1 aromatic heterocycles. The molecule has 0 radical (unpaired) electrons. The van der Waals surface area contributed by atoms with Crippen molar-refractivity contribution in [2.24, 2.45) is 5.73 Å². The molecule has 1 rings (SSSR count). The van der Waals surface area contributed by atoms with Gasteiger partial charge in [0.1, 0.15) is 0 Å². The summed E-state index contributed by atoms with van der Waals surface area (Å²) in [5.74, 6) is 0.259. The Balaban J connectivity index is 2.56. The van der Waals surface area contributed by atoms with Gasteiger partial charge in [-0.2, -0.15) is 0 Å². The molecule has 1 aromatic rings. The van der Waals surface area contributed by atoms with Gasteiger partial charge in [-0.15, -0.1) is 0 Å². The maximum Gasteiger partial charge on any atom is 0.221 e. The van der Waals surface area contributed by atoms with Crippen LogP contribution in [0.15, 0.2) is 24.4 Å². The Morgan fingerprint density at radius 2 is 2.40 bits per heavy atom. The predicted molar refractivity (Wildman–Crippen MR) is 58.3 cm³/mol. The molecular weight excluding hydrogens is 192 g/mol. The lowest BCUT2D eigenvalue weighted by Gasteiger charge is -2.00. The number of ether oxygens (including phenoxy) is 1. The van der Waals surface area contributed by atoms with Crippen molar-refractivity contribution >= 4 is 12.0 Å². The van der Waals surface area contributed by atoms with Gasteiger partial charge in [0.25, 0.3) is 0 Å². The zero-order chi connectivity index (χ0) is 11.1. The number of carbonyl (C=O) groups is 1. The summed E-state index contributed by atoms with van der Waals surface area (Å²) in [5.41, 5.74) is 5.91. The van der Waals surface area contributed by atoms with Crippen LogP contribution in [0.3, 0.4) is 0 Å². The van der Waals surface area contributed by atoms with E-state index in [1.165, 1.54) is 0 Å². The molecule has 0 aliphatic carbocycles. The van der Waals surface area contributed by atoms with E-state index in [9.17, 15) is 4.79 Å². The average Bonchev–Trinajstić information content (AvgIpc) is 2.20. The monoisotopic (exact) mass is 206 g/mol. The van der Waals surface area contributed by atoms with E-state index in [0.29, 0.717) is 12.5 Å². The van der Waals surface area contributed by atoms with E-state index in [-0.39, 0.29) is 12.3 Å². The lowest BCUT2D eigenvalue weighted by Crippen LogP contribution is -2.07. The van der Waals surface area contributed by atoms with Crippen LogP contribution in [0.1, 0.15) is 18.9 Å². The summed E-state index contributed by atoms with van der Waals surface area (Å²) in [5, 5.41) is 0. The SMILES string of the molecule is CCOc1ccc(C=CCC(N)=O)cn1. The number of aromatic nitrogens is 1. The van der Waals surface area contributed by atoms with Crippen molar-refractivity contribution in [1.82, 2.24) is 4.98 Å². The van der Waals surface area contributed by atoms with Gasteiger partial charge >= 0.3 is 0 Å². The van der Waals surface area contributed by atoms with Crippen LogP contribution >= 0.6 is 0 Å². The molecule has 0 atom stereocenters. The summed E-state index contributed by atoms with van der Waals surface area (Å²) in [6.45, 7) is 2.51. The van der Waals surface area contributed by atoms with Crippen molar-refractivity contribution in [2.45, 2.75) is 13.3 Å². The van der Waals surface area contributed by atoms with Crippen molar-refractivity contribution in [1.29, 1.82) is 0 Å². The van der Waals surface area contributed by atoms with Crippen LogP contribution in [0.2, 0.25) is 0 Å². The van der Waals surface area contributed by atoms with Crippen LogP contribution in [0, 0.1) is 0 Å². The van der Waals surface area contributed by atoms with E-state index in [1.807, 2.05) is 13.0 Å². The molecule has 4 nitrogen and oxygen atoms in total. The highest BCUT2D eigenvalue weighted by atomic mass is 16.5. The molecule has 0 bridgehead atoms. The van der Waals surface area contributed by atoms with Crippen molar-refractivity contribution in [3.05, 3.63) is 30.0 Å². The zero-order valence-electron chi connectivity index (χ0n) is 8.64. The van der Waals surface area contributed by atoms with E-state index in [2.05, 4.69) is 4.98 Å². The van der Waals surface area contributed by atoms with Crippen molar-refractivity contribution in [3.8, 4) is 5.88 Å². The number of nitrogens with two attached hydrogens (primary N) is 1. The van der Waals surface area contributed by atoms with Gasteiger partial charge < -0.3 is 10.5 Å². The van der Waals surface area contributed by atoms with Gasteiger partial charge in [-0.3, -0.25) is 4.79 Å². The topological polar surface area (TPSA) is 65.2 Å². The first-order chi connectivity index (χ1) is 7.22. The summed E-state index contributed by atoms with van der Waals surface area (Å²) in [4.78, 5) is 14.5. The predicted octanol–water partition coefficient (Wildman–Crippen LogP) is 1.37. The Labute approximate surface area is 88.8 Å². The molecule has 0 saturated carbocycles. The van der Waals surface area contributed by atoms with E-state index in [0.717, 1.165) is 5.56 Å². The Bertz CT molecular complexity index is 344. The third-order valence-electron chi connectivity index (χ3n) is 1.68. The largest absolute Gasteiger partial charge is 0.478 e. The van der Waals surface area contributed by atoms with Gasteiger partial charge in [-0.1, -0.05) is 12.2 Å². The maximum absolute atomic E-state index is 10.5. The fraction of sp³-hybridized carbons (Fsp3) is 0.273. The van der Waals surface area contributed by atoms with E-state index < -0.39 is 0 Å². The molecule has 0 spiro atoms. The summed E-state index contributed by atoms with van der Waals surface area (Å²) in [7, 11) is 0. The smallest absolute Gasteiger partial charge is 0.221 e. The van der Waals surface area contributed by atoms with E-state index in [1.54, 1.807) is 24.4 Å². The first-order valence-corrected chi connectivity index (χ1v) is 4.76. The summed E-state index contributed by atoms with van der Waals surface area (Å²) >= 11 is 0. The molecule has 1 heterocycles. The third-order valence-corrected chi connectivity index (χ3v) is 1.68. The molecular formula is C11H14N2O2. The van der Waals surface area contributed by atoms with Crippen LogP contribution in [-0.2, 0) is 4.79 Å². The number of primary amides is 1. The van der Waals surface area contributed by atoms with Crippen molar-refractivity contribution in [3.63, 3.8) is 0 Å². The fourth-order valence-electron chi connectivity index (χ4n) is 1.03. The Hall–Kier alpha value is -1.84. The number of nitrogens with zero attached hydrogens (tertiary/aromatic N) is 1. The van der Waals surface area contributed by atoms with Crippen LogP contribution in [-0.4, -0.2) is 17.5 Å². The quantitative estimate of drug-likeness (QED) is 0.791.